The van der Waals surface area contributed by atoms with E-state index in [4.69, 9.17) is 4.98 Å². The molecule has 38 heavy (non-hydrogen) atoms. The summed E-state index contributed by atoms with van der Waals surface area (Å²) in [5.74, 6) is 0.716. The minimum atomic E-state index is -3.72. The molecule has 3 N–H and O–H groups in total. The third-order valence-corrected chi connectivity index (χ3v) is 8.75. The number of nitrogens with zero attached hydrogens (tertiary/aromatic N) is 6. The van der Waals surface area contributed by atoms with Crippen molar-refractivity contribution in [1.82, 2.24) is 29.2 Å². The molecule has 1 saturated heterocycles. The van der Waals surface area contributed by atoms with Crippen LogP contribution in [0, 0.1) is 0 Å². The van der Waals surface area contributed by atoms with Gasteiger partial charge in [0.25, 0.3) is 0 Å². The Kier molecular flexibility index (Phi) is 7.75. The number of nitrogens with one attached hydrogen (secondary N) is 2. The average Bonchev–Trinajstić information content (AvgIpc) is 3.34. The molecule has 204 valence electrons. The molecule has 0 amide bonds. The number of hydrogen-bond donors (Lipinski definition) is 3. The number of aromatic nitrogens is 5. The predicted octanol–water partition coefficient (Wildman–Crippen LogP) is 2.14. The van der Waals surface area contributed by atoms with Crippen LogP contribution < -0.4 is 14.9 Å². The van der Waals surface area contributed by atoms with Gasteiger partial charge in [0.15, 0.2) is 17.0 Å². The third-order valence-electron chi connectivity index (χ3n) is 7.28. The third kappa shape index (κ3) is 5.73. The van der Waals surface area contributed by atoms with E-state index in [-0.39, 0.29) is 12.3 Å². The molecule has 0 bridgehead atoms. The van der Waals surface area contributed by atoms with Gasteiger partial charge in [-0.25, -0.2) is 28.4 Å². The van der Waals surface area contributed by atoms with Gasteiger partial charge in [-0.05, 0) is 43.7 Å². The standard InChI is InChI=1S/C25H34N8O4S/c1-2-3-13-38(36,37)31-20(25(34)35)14-33-16-29-21-23(27-15-28-24(21)33)32-11-8-17(9-12-32)19-7-6-18-5-4-10-26-22(18)30-19/h6-7,15-17,20,31H,2-5,8-14H2,1H3,(H,26,30)(H,34,35)/t20-/m0/s1. The largest absolute Gasteiger partial charge is 0.480 e. The first-order valence-corrected chi connectivity index (χ1v) is 14.9. The lowest BCUT2D eigenvalue weighted by atomic mass is 9.92. The molecule has 0 aromatic carbocycles. The number of piperidine rings is 1. The van der Waals surface area contributed by atoms with Crippen LogP contribution in [0.1, 0.15) is 56.2 Å². The molecule has 0 spiro atoms. The Morgan fingerprint density at radius 1 is 1.24 bits per heavy atom. The summed E-state index contributed by atoms with van der Waals surface area (Å²) in [4.78, 5) is 32.2. The van der Waals surface area contributed by atoms with Gasteiger partial charge in [-0.2, -0.15) is 4.72 Å². The summed E-state index contributed by atoms with van der Waals surface area (Å²) in [7, 11) is -3.72. The van der Waals surface area contributed by atoms with Crippen molar-refractivity contribution in [2.75, 3.05) is 35.6 Å². The number of sulfonamides is 1. The first-order valence-electron chi connectivity index (χ1n) is 13.2. The minimum absolute atomic E-state index is 0.113. The van der Waals surface area contributed by atoms with Crippen molar-refractivity contribution in [1.29, 1.82) is 0 Å². The van der Waals surface area contributed by atoms with Crippen LogP contribution >= 0.6 is 0 Å². The van der Waals surface area contributed by atoms with Gasteiger partial charge in [0.1, 0.15) is 18.2 Å². The maximum absolute atomic E-state index is 12.3. The number of aryl methyl sites for hydroxylation is 1. The normalized spacial score (nSPS) is 17.2. The number of unbranched alkanes of at least 4 members (excludes halogenated alkanes) is 1. The van der Waals surface area contributed by atoms with Crippen molar-refractivity contribution in [2.45, 2.75) is 64.0 Å². The summed E-state index contributed by atoms with van der Waals surface area (Å²) in [6.07, 6.45) is 8.17. The fraction of sp³-hybridized carbons (Fsp3) is 0.560. The van der Waals surface area contributed by atoms with E-state index in [1.54, 1.807) is 4.57 Å². The molecule has 5 heterocycles. The van der Waals surface area contributed by atoms with E-state index in [0.717, 1.165) is 56.8 Å². The maximum Gasteiger partial charge on any atom is 0.323 e. The summed E-state index contributed by atoms with van der Waals surface area (Å²) in [6.45, 7) is 4.28. The monoisotopic (exact) mass is 542 g/mol. The zero-order valence-corrected chi connectivity index (χ0v) is 22.3. The fourth-order valence-corrected chi connectivity index (χ4v) is 6.56. The summed E-state index contributed by atoms with van der Waals surface area (Å²) >= 11 is 0. The van der Waals surface area contributed by atoms with Gasteiger partial charge in [0.05, 0.1) is 18.6 Å². The number of fused-ring (bicyclic) bond motifs is 2. The second-order valence-corrected chi connectivity index (χ2v) is 11.9. The van der Waals surface area contributed by atoms with E-state index in [1.807, 2.05) is 6.92 Å². The Bertz CT molecular complexity index is 1400. The van der Waals surface area contributed by atoms with E-state index in [0.29, 0.717) is 35.7 Å². The van der Waals surface area contributed by atoms with Crippen molar-refractivity contribution < 1.29 is 18.3 Å². The zero-order chi connectivity index (χ0) is 26.7. The Morgan fingerprint density at radius 2 is 2.05 bits per heavy atom. The van der Waals surface area contributed by atoms with Crippen molar-refractivity contribution in [2.24, 2.45) is 0 Å². The molecule has 3 aromatic heterocycles. The highest BCUT2D eigenvalue weighted by Crippen LogP contribution is 2.32. The molecule has 3 aromatic rings. The molecule has 0 radical (unpaired) electrons. The quantitative estimate of drug-likeness (QED) is 0.347. The SMILES string of the molecule is CCCCS(=O)(=O)N[C@@H](Cn1cnc2c(N3CCC(c4ccc5c(n4)NCCC5)CC3)ncnc21)C(=O)O. The highest BCUT2D eigenvalue weighted by atomic mass is 32.2. The number of pyridine rings is 1. The number of carboxylic acid groups (broad SMARTS) is 1. The van der Waals surface area contributed by atoms with E-state index in [2.05, 4.69) is 42.0 Å². The first kappa shape index (κ1) is 26.3. The molecule has 1 fully saturated rings. The molecule has 1 atom stereocenters. The van der Waals surface area contributed by atoms with Crippen LogP contribution in [0.4, 0.5) is 11.6 Å². The lowest BCUT2D eigenvalue weighted by Crippen LogP contribution is -2.44. The van der Waals surface area contributed by atoms with Crippen LogP contribution in [0.2, 0.25) is 0 Å². The number of imidazole rings is 1. The molecule has 5 rings (SSSR count). The second-order valence-electron chi connectivity index (χ2n) is 9.98. The highest BCUT2D eigenvalue weighted by molar-refractivity contribution is 7.89. The van der Waals surface area contributed by atoms with Gasteiger partial charge >= 0.3 is 5.97 Å². The lowest BCUT2D eigenvalue weighted by molar-refractivity contribution is -0.139. The van der Waals surface area contributed by atoms with Crippen molar-refractivity contribution in [3.05, 3.63) is 36.0 Å². The molecule has 0 unspecified atom stereocenters. The summed E-state index contributed by atoms with van der Waals surface area (Å²) in [5, 5.41) is 13.1. The smallest absolute Gasteiger partial charge is 0.323 e. The summed E-state index contributed by atoms with van der Waals surface area (Å²) < 4.78 is 28.5. The van der Waals surface area contributed by atoms with Crippen LogP contribution in [0.5, 0.6) is 0 Å². The van der Waals surface area contributed by atoms with E-state index < -0.39 is 22.0 Å². The Balaban J connectivity index is 1.29. The van der Waals surface area contributed by atoms with Crippen LogP contribution in [0.25, 0.3) is 11.2 Å². The van der Waals surface area contributed by atoms with E-state index in [9.17, 15) is 18.3 Å². The van der Waals surface area contributed by atoms with Crippen LogP contribution in [0.15, 0.2) is 24.8 Å². The number of carbonyl (C=O) groups is 1. The summed E-state index contributed by atoms with van der Waals surface area (Å²) in [5.41, 5.74) is 3.45. The van der Waals surface area contributed by atoms with Crippen LogP contribution in [-0.2, 0) is 27.8 Å². The molecule has 2 aliphatic heterocycles. The minimum Gasteiger partial charge on any atom is -0.480 e. The number of aliphatic carboxylic acids is 1. The zero-order valence-electron chi connectivity index (χ0n) is 21.5. The highest BCUT2D eigenvalue weighted by Gasteiger charge is 2.28. The maximum atomic E-state index is 12.3. The first-order chi connectivity index (χ1) is 18.3. The molecule has 2 aliphatic rings. The van der Waals surface area contributed by atoms with E-state index in [1.165, 1.54) is 18.2 Å². The van der Waals surface area contributed by atoms with Crippen molar-refractivity contribution >= 4 is 38.8 Å². The Morgan fingerprint density at radius 3 is 2.82 bits per heavy atom. The average molecular weight is 543 g/mol. The molecule has 13 heteroatoms. The number of anilines is 2. The fourth-order valence-electron chi connectivity index (χ4n) is 5.16. The summed E-state index contributed by atoms with van der Waals surface area (Å²) in [6, 6.07) is 3.03. The molecular weight excluding hydrogens is 508 g/mol. The van der Waals surface area contributed by atoms with Crippen molar-refractivity contribution in [3.63, 3.8) is 0 Å². The molecule has 12 nitrogen and oxygen atoms in total. The van der Waals surface area contributed by atoms with Gasteiger partial charge < -0.3 is 19.9 Å². The Labute approximate surface area is 222 Å². The van der Waals surface area contributed by atoms with Gasteiger partial charge in [0.2, 0.25) is 10.0 Å². The van der Waals surface area contributed by atoms with Crippen LogP contribution in [-0.4, -0.2) is 75.4 Å². The molecule has 0 saturated carbocycles. The predicted molar refractivity (Wildman–Crippen MR) is 144 cm³/mol. The topological polar surface area (TPSA) is 155 Å². The lowest BCUT2D eigenvalue weighted by Gasteiger charge is -2.33. The number of rotatable bonds is 10. The van der Waals surface area contributed by atoms with E-state index >= 15 is 0 Å². The Hall–Kier alpha value is -3.32. The second kappa shape index (κ2) is 11.2. The molecular formula is C25H34N8O4S. The van der Waals surface area contributed by atoms with Gasteiger partial charge in [0, 0.05) is 31.2 Å². The van der Waals surface area contributed by atoms with Crippen LogP contribution in [0.3, 0.4) is 0 Å². The van der Waals surface area contributed by atoms with Gasteiger partial charge in [-0.15, -0.1) is 0 Å². The van der Waals surface area contributed by atoms with Crippen molar-refractivity contribution in [3.8, 4) is 0 Å². The number of carboxylic acids is 1. The van der Waals surface area contributed by atoms with Gasteiger partial charge in [-0.1, -0.05) is 19.4 Å². The molecule has 0 aliphatic carbocycles. The number of hydrogen-bond acceptors (Lipinski definition) is 9. The van der Waals surface area contributed by atoms with Gasteiger partial charge in [-0.3, -0.25) is 4.79 Å².